The van der Waals surface area contributed by atoms with E-state index in [1.54, 1.807) is 7.11 Å². The van der Waals surface area contributed by atoms with Gasteiger partial charge >= 0.3 is 0 Å². The van der Waals surface area contributed by atoms with Gasteiger partial charge in [0.2, 0.25) is 0 Å². The highest BCUT2D eigenvalue weighted by Gasteiger charge is 2.37. The first kappa shape index (κ1) is 14.0. The second-order valence-electron chi connectivity index (χ2n) is 5.38. The van der Waals surface area contributed by atoms with Gasteiger partial charge in [0.15, 0.2) is 0 Å². The smallest absolute Gasteiger partial charge is 0.148 e. The van der Waals surface area contributed by atoms with Crippen molar-refractivity contribution in [3.63, 3.8) is 0 Å². The molecule has 1 aromatic heterocycles. The SMILES string of the molecule is COC1(CNc2ncnc(NN)c2C(C)C)CCC1. The second-order valence-corrected chi connectivity index (χ2v) is 5.38. The maximum Gasteiger partial charge on any atom is 0.148 e. The molecule has 1 heterocycles. The van der Waals surface area contributed by atoms with Crippen LogP contribution in [0.1, 0.15) is 44.6 Å². The molecule has 0 saturated heterocycles. The summed E-state index contributed by atoms with van der Waals surface area (Å²) < 4.78 is 5.61. The fourth-order valence-electron chi connectivity index (χ4n) is 2.47. The van der Waals surface area contributed by atoms with Crippen molar-refractivity contribution in [3.05, 3.63) is 11.9 Å². The van der Waals surface area contributed by atoms with Gasteiger partial charge in [0.1, 0.15) is 18.0 Å². The van der Waals surface area contributed by atoms with Crippen LogP contribution in [0.5, 0.6) is 0 Å². The van der Waals surface area contributed by atoms with Gasteiger partial charge in [-0.25, -0.2) is 15.8 Å². The zero-order valence-electron chi connectivity index (χ0n) is 11.9. The molecule has 1 fully saturated rings. The number of rotatable bonds is 6. The lowest BCUT2D eigenvalue weighted by Crippen LogP contribution is -2.45. The quantitative estimate of drug-likeness (QED) is 0.538. The van der Waals surface area contributed by atoms with E-state index in [1.807, 2.05) is 0 Å². The summed E-state index contributed by atoms with van der Waals surface area (Å²) in [7, 11) is 1.77. The monoisotopic (exact) mass is 265 g/mol. The van der Waals surface area contributed by atoms with Gasteiger partial charge in [-0.15, -0.1) is 0 Å². The lowest BCUT2D eigenvalue weighted by molar-refractivity contribution is -0.0601. The lowest BCUT2D eigenvalue weighted by Gasteiger charge is -2.40. The van der Waals surface area contributed by atoms with E-state index in [9.17, 15) is 0 Å². The Balaban J connectivity index is 2.15. The summed E-state index contributed by atoms with van der Waals surface area (Å²) in [5.74, 6) is 7.30. The van der Waals surface area contributed by atoms with Crippen LogP contribution in [0, 0.1) is 0 Å². The minimum Gasteiger partial charge on any atom is -0.376 e. The third-order valence-electron chi connectivity index (χ3n) is 3.87. The first-order valence-electron chi connectivity index (χ1n) is 6.72. The molecule has 0 atom stereocenters. The van der Waals surface area contributed by atoms with Crippen LogP contribution in [-0.2, 0) is 4.74 Å². The van der Waals surface area contributed by atoms with E-state index in [0.29, 0.717) is 5.82 Å². The Morgan fingerprint density at radius 1 is 1.37 bits per heavy atom. The summed E-state index contributed by atoms with van der Waals surface area (Å²) in [6, 6.07) is 0. The molecular weight excluding hydrogens is 242 g/mol. The normalized spacial score (nSPS) is 17.1. The van der Waals surface area contributed by atoms with Crippen molar-refractivity contribution in [1.29, 1.82) is 0 Å². The zero-order valence-corrected chi connectivity index (χ0v) is 11.9. The Morgan fingerprint density at radius 3 is 2.53 bits per heavy atom. The number of nitrogens with two attached hydrogens (primary N) is 1. The molecule has 6 heteroatoms. The summed E-state index contributed by atoms with van der Waals surface area (Å²) in [6.07, 6.45) is 4.94. The Bertz CT molecular complexity index is 426. The zero-order chi connectivity index (χ0) is 13.9. The molecule has 19 heavy (non-hydrogen) atoms. The molecule has 0 unspecified atom stereocenters. The predicted octanol–water partition coefficient (Wildman–Crippen LogP) is 1.87. The molecule has 2 rings (SSSR count). The van der Waals surface area contributed by atoms with Gasteiger partial charge in [0, 0.05) is 19.2 Å². The third-order valence-corrected chi connectivity index (χ3v) is 3.87. The van der Waals surface area contributed by atoms with Crippen molar-refractivity contribution in [2.45, 2.75) is 44.6 Å². The van der Waals surface area contributed by atoms with E-state index in [0.717, 1.165) is 30.8 Å². The molecule has 0 aromatic carbocycles. The average molecular weight is 265 g/mol. The minimum absolute atomic E-state index is 0.0322. The van der Waals surface area contributed by atoms with Crippen LogP contribution in [0.3, 0.4) is 0 Å². The van der Waals surface area contributed by atoms with E-state index in [2.05, 4.69) is 34.6 Å². The Kier molecular flexibility index (Phi) is 4.21. The number of anilines is 2. The fourth-order valence-corrected chi connectivity index (χ4v) is 2.47. The molecule has 0 aliphatic heterocycles. The third kappa shape index (κ3) is 2.79. The van der Waals surface area contributed by atoms with Crippen molar-refractivity contribution in [1.82, 2.24) is 9.97 Å². The molecule has 1 aliphatic carbocycles. The molecule has 0 spiro atoms. The highest BCUT2D eigenvalue weighted by Crippen LogP contribution is 2.36. The first-order chi connectivity index (χ1) is 9.12. The van der Waals surface area contributed by atoms with E-state index in [1.165, 1.54) is 12.7 Å². The molecule has 4 N–H and O–H groups in total. The van der Waals surface area contributed by atoms with Crippen molar-refractivity contribution >= 4 is 11.6 Å². The number of hydrogen-bond donors (Lipinski definition) is 3. The molecule has 1 aliphatic rings. The van der Waals surface area contributed by atoms with Crippen LogP contribution in [0.15, 0.2) is 6.33 Å². The number of nitrogens with one attached hydrogen (secondary N) is 2. The maximum absolute atomic E-state index is 5.61. The Morgan fingerprint density at radius 2 is 2.05 bits per heavy atom. The van der Waals surface area contributed by atoms with Crippen molar-refractivity contribution in [2.75, 3.05) is 24.4 Å². The van der Waals surface area contributed by atoms with Gasteiger partial charge in [0.25, 0.3) is 0 Å². The molecular formula is C13H23N5O. The van der Waals surface area contributed by atoms with Gasteiger partial charge < -0.3 is 15.5 Å². The average Bonchev–Trinajstić information content (AvgIpc) is 2.37. The standard InChI is InChI=1S/C13H23N5O/c1-9(2)10-11(16-8-17-12(10)18-14)15-7-13(19-3)5-4-6-13/h8-9H,4-7,14H2,1-3H3,(H2,15,16,17,18). The summed E-state index contributed by atoms with van der Waals surface area (Å²) in [5.41, 5.74) is 3.61. The summed E-state index contributed by atoms with van der Waals surface area (Å²) in [4.78, 5) is 8.49. The highest BCUT2D eigenvalue weighted by atomic mass is 16.5. The summed E-state index contributed by atoms with van der Waals surface area (Å²) >= 11 is 0. The Labute approximate surface area is 114 Å². The lowest BCUT2D eigenvalue weighted by atomic mass is 9.80. The molecule has 106 valence electrons. The van der Waals surface area contributed by atoms with E-state index < -0.39 is 0 Å². The van der Waals surface area contributed by atoms with Gasteiger partial charge in [-0.05, 0) is 25.2 Å². The molecule has 0 bridgehead atoms. The van der Waals surface area contributed by atoms with E-state index >= 15 is 0 Å². The van der Waals surface area contributed by atoms with Crippen molar-refractivity contribution < 1.29 is 4.74 Å². The molecule has 1 saturated carbocycles. The van der Waals surface area contributed by atoms with Crippen LogP contribution >= 0.6 is 0 Å². The minimum atomic E-state index is -0.0322. The molecule has 0 radical (unpaired) electrons. The van der Waals surface area contributed by atoms with Gasteiger partial charge in [-0.3, -0.25) is 0 Å². The van der Waals surface area contributed by atoms with Crippen LogP contribution in [0.25, 0.3) is 0 Å². The Hall–Kier alpha value is -1.40. The first-order valence-corrected chi connectivity index (χ1v) is 6.72. The van der Waals surface area contributed by atoms with Crippen LogP contribution in [0.2, 0.25) is 0 Å². The van der Waals surface area contributed by atoms with E-state index in [-0.39, 0.29) is 11.5 Å². The summed E-state index contributed by atoms with van der Waals surface area (Å²) in [6.45, 7) is 4.96. The number of methoxy groups -OCH3 is 1. The fraction of sp³-hybridized carbons (Fsp3) is 0.692. The van der Waals surface area contributed by atoms with Crippen LogP contribution in [0.4, 0.5) is 11.6 Å². The topological polar surface area (TPSA) is 85.1 Å². The number of hydrogen-bond acceptors (Lipinski definition) is 6. The molecule has 6 nitrogen and oxygen atoms in total. The number of hydrazine groups is 1. The van der Waals surface area contributed by atoms with Gasteiger partial charge in [0.05, 0.1) is 5.60 Å². The van der Waals surface area contributed by atoms with Crippen LogP contribution in [-0.4, -0.2) is 29.2 Å². The number of aromatic nitrogens is 2. The summed E-state index contributed by atoms with van der Waals surface area (Å²) in [5, 5.41) is 3.39. The van der Waals surface area contributed by atoms with E-state index in [4.69, 9.17) is 10.6 Å². The van der Waals surface area contributed by atoms with Crippen molar-refractivity contribution in [3.8, 4) is 0 Å². The van der Waals surface area contributed by atoms with Crippen molar-refractivity contribution in [2.24, 2.45) is 5.84 Å². The number of nitrogen functional groups attached to an aromatic ring is 1. The number of nitrogens with zero attached hydrogens (tertiary/aromatic N) is 2. The van der Waals surface area contributed by atoms with Gasteiger partial charge in [-0.1, -0.05) is 13.8 Å². The number of ether oxygens (including phenoxy) is 1. The molecule has 0 amide bonds. The largest absolute Gasteiger partial charge is 0.376 e. The second kappa shape index (κ2) is 5.71. The predicted molar refractivity (Wildman–Crippen MR) is 76.0 cm³/mol. The van der Waals surface area contributed by atoms with Gasteiger partial charge in [-0.2, -0.15) is 0 Å². The maximum atomic E-state index is 5.61. The highest BCUT2D eigenvalue weighted by molar-refractivity contribution is 5.58. The molecule has 1 aromatic rings. The van der Waals surface area contributed by atoms with Crippen LogP contribution < -0.4 is 16.6 Å².